The van der Waals surface area contributed by atoms with E-state index in [1.54, 1.807) is 14.2 Å². The fourth-order valence-corrected chi connectivity index (χ4v) is 3.91. The van der Waals surface area contributed by atoms with Crippen molar-refractivity contribution in [1.29, 1.82) is 0 Å². The quantitative estimate of drug-likeness (QED) is 0.456. The van der Waals surface area contributed by atoms with Crippen molar-refractivity contribution >= 4 is 11.4 Å². The fraction of sp³-hybridized carbons (Fsp3) is 0.462. The van der Waals surface area contributed by atoms with Gasteiger partial charge in [0.2, 0.25) is 0 Å². The van der Waals surface area contributed by atoms with E-state index in [0.717, 1.165) is 58.9 Å². The summed E-state index contributed by atoms with van der Waals surface area (Å²) in [6, 6.07) is 10.0. The standard InChI is InChI=1S/C26H34N2O4/c1-7-12-31-22-11-10-18(14-23(22)29-5)26-21-16-25(32-13-8-2)24(30-6)15-20(21)19(9-3)17(4)27-28-26/h10-11,14-16,19H,7-9,12-13H2,1-6H3. The summed E-state index contributed by atoms with van der Waals surface area (Å²) >= 11 is 0. The molecular weight excluding hydrogens is 404 g/mol. The molecule has 0 aromatic heterocycles. The lowest BCUT2D eigenvalue weighted by atomic mass is 9.85. The molecule has 0 aliphatic carbocycles. The highest BCUT2D eigenvalue weighted by atomic mass is 16.5. The van der Waals surface area contributed by atoms with Gasteiger partial charge >= 0.3 is 0 Å². The maximum Gasteiger partial charge on any atom is 0.161 e. The lowest BCUT2D eigenvalue weighted by molar-refractivity contribution is 0.294. The molecule has 0 fully saturated rings. The summed E-state index contributed by atoms with van der Waals surface area (Å²) in [6.07, 6.45) is 2.76. The van der Waals surface area contributed by atoms with Crippen LogP contribution >= 0.6 is 0 Å². The molecule has 0 amide bonds. The molecule has 0 saturated carbocycles. The molecule has 1 atom stereocenters. The van der Waals surface area contributed by atoms with Crippen molar-refractivity contribution in [2.75, 3.05) is 27.4 Å². The van der Waals surface area contributed by atoms with E-state index in [0.29, 0.717) is 24.7 Å². The summed E-state index contributed by atoms with van der Waals surface area (Å²) in [7, 11) is 3.33. The molecule has 6 nitrogen and oxygen atoms in total. The smallest absolute Gasteiger partial charge is 0.161 e. The van der Waals surface area contributed by atoms with Gasteiger partial charge in [-0.2, -0.15) is 5.10 Å². The SMILES string of the molecule is CCCOc1ccc(C2=NN=C(C)C(CC)c3cc(OC)c(OCCC)cc32)cc1OC. The van der Waals surface area contributed by atoms with Gasteiger partial charge in [-0.25, -0.2) is 0 Å². The highest BCUT2D eigenvalue weighted by Gasteiger charge is 2.26. The lowest BCUT2D eigenvalue weighted by Gasteiger charge is -2.21. The molecule has 0 saturated heterocycles. The minimum Gasteiger partial charge on any atom is -0.493 e. The summed E-state index contributed by atoms with van der Waals surface area (Å²) < 4.78 is 23.1. The first kappa shape index (κ1) is 23.6. The van der Waals surface area contributed by atoms with Gasteiger partial charge in [0.25, 0.3) is 0 Å². The molecule has 1 aliphatic heterocycles. The second-order valence-corrected chi connectivity index (χ2v) is 7.80. The molecular formula is C26H34N2O4. The van der Waals surface area contributed by atoms with Gasteiger partial charge in [0.05, 0.1) is 27.4 Å². The number of fused-ring (bicyclic) bond motifs is 1. The molecule has 1 heterocycles. The van der Waals surface area contributed by atoms with Crippen molar-refractivity contribution in [1.82, 2.24) is 0 Å². The lowest BCUT2D eigenvalue weighted by Crippen LogP contribution is -2.13. The van der Waals surface area contributed by atoms with E-state index in [1.165, 1.54) is 0 Å². The maximum absolute atomic E-state index is 6.01. The molecule has 1 unspecified atom stereocenters. The first-order chi connectivity index (χ1) is 15.6. The number of methoxy groups -OCH3 is 2. The predicted octanol–water partition coefficient (Wildman–Crippen LogP) is 6.00. The van der Waals surface area contributed by atoms with Gasteiger partial charge in [0.15, 0.2) is 23.0 Å². The van der Waals surface area contributed by atoms with E-state index < -0.39 is 0 Å². The molecule has 1 aliphatic rings. The molecule has 6 heteroatoms. The topological polar surface area (TPSA) is 61.6 Å². The second kappa shape index (κ2) is 11.0. The number of rotatable bonds is 10. The largest absolute Gasteiger partial charge is 0.493 e. The first-order valence-corrected chi connectivity index (χ1v) is 11.4. The molecule has 32 heavy (non-hydrogen) atoms. The van der Waals surface area contributed by atoms with Crippen LogP contribution in [0.15, 0.2) is 40.5 Å². The Bertz CT molecular complexity index is 998. The van der Waals surface area contributed by atoms with Crippen LogP contribution in [0.25, 0.3) is 0 Å². The van der Waals surface area contributed by atoms with Crippen LogP contribution in [0.1, 0.15) is 69.6 Å². The average molecular weight is 439 g/mol. The van der Waals surface area contributed by atoms with Crippen molar-refractivity contribution < 1.29 is 18.9 Å². The zero-order valence-electron chi connectivity index (χ0n) is 20.0. The number of hydrogen-bond donors (Lipinski definition) is 0. The van der Waals surface area contributed by atoms with E-state index in [9.17, 15) is 0 Å². The van der Waals surface area contributed by atoms with Crippen LogP contribution < -0.4 is 18.9 Å². The van der Waals surface area contributed by atoms with Crippen LogP contribution in [0.3, 0.4) is 0 Å². The Labute approximate surface area is 191 Å². The van der Waals surface area contributed by atoms with Crippen LogP contribution in [0.2, 0.25) is 0 Å². The maximum atomic E-state index is 6.01. The summed E-state index contributed by atoms with van der Waals surface area (Å²) in [5, 5.41) is 9.24. The van der Waals surface area contributed by atoms with Crippen LogP contribution in [0.4, 0.5) is 0 Å². The molecule has 2 aromatic rings. The molecule has 172 valence electrons. The Kier molecular flexibility index (Phi) is 8.14. The number of ether oxygens (including phenoxy) is 4. The second-order valence-electron chi connectivity index (χ2n) is 7.80. The van der Waals surface area contributed by atoms with Crippen LogP contribution in [0.5, 0.6) is 23.0 Å². The third kappa shape index (κ3) is 4.90. The third-order valence-corrected chi connectivity index (χ3v) is 5.55. The highest BCUT2D eigenvalue weighted by Crippen LogP contribution is 2.39. The minimum atomic E-state index is 0.148. The van der Waals surface area contributed by atoms with Gasteiger partial charge in [-0.05, 0) is 62.1 Å². The van der Waals surface area contributed by atoms with Crippen molar-refractivity contribution in [2.45, 2.75) is 52.9 Å². The van der Waals surface area contributed by atoms with Crippen molar-refractivity contribution in [3.05, 3.63) is 47.0 Å². The first-order valence-electron chi connectivity index (χ1n) is 11.4. The number of benzene rings is 2. The average Bonchev–Trinajstić information content (AvgIpc) is 2.95. The fourth-order valence-electron chi connectivity index (χ4n) is 3.91. The molecule has 0 radical (unpaired) electrons. The molecule has 2 aromatic carbocycles. The van der Waals surface area contributed by atoms with Crippen molar-refractivity contribution in [3.8, 4) is 23.0 Å². The minimum absolute atomic E-state index is 0.148. The predicted molar refractivity (Wildman–Crippen MR) is 129 cm³/mol. The Morgan fingerprint density at radius 2 is 1.44 bits per heavy atom. The Morgan fingerprint density at radius 1 is 0.781 bits per heavy atom. The Morgan fingerprint density at radius 3 is 2.06 bits per heavy atom. The number of hydrogen-bond acceptors (Lipinski definition) is 6. The van der Waals surface area contributed by atoms with Crippen molar-refractivity contribution in [2.24, 2.45) is 10.2 Å². The van der Waals surface area contributed by atoms with Crippen LogP contribution in [-0.2, 0) is 0 Å². The monoisotopic (exact) mass is 438 g/mol. The van der Waals surface area contributed by atoms with Gasteiger partial charge in [-0.1, -0.05) is 20.8 Å². The van der Waals surface area contributed by atoms with Crippen LogP contribution in [-0.4, -0.2) is 38.9 Å². The van der Waals surface area contributed by atoms with Gasteiger partial charge in [0, 0.05) is 22.8 Å². The molecule has 0 spiro atoms. The van der Waals surface area contributed by atoms with E-state index >= 15 is 0 Å². The molecule has 0 N–H and O–H groups in total. The third-order valence-electron chi connectivity index (χ3n) is 5.55. The van der Waals surface area contributed by atoms with Gasteiger partial charge < -0.3 is 18.9 Å². The van der Waals surface area contributed by atoms with Crippen LogP contribution in [0, 0.1) is 0 Å². The Hall–Kier alpha value is -3.02. The van der Waals surface area contributed by atoms with Gasteiger partial charge in [0.1, 0.15) is 5.71 Å². The van der Waals surface area contributed by atoms with E-state index in [2.05, 4.69) is 37.0 Å². The van der Waals surface area contributed by atoms with Gasteiger partial charge in [-0.15, -0.1) is 5.10 Å². The zero-order chi connectivity index (χ0) is 23.1. The van der Waals surface area contributed by atoms with Gasteiger partial charge in [-0.3, -0.25) is 0 Å². The molecule has 0 bridgehead atoms. The number of nitrogens with zero attached hydrogens (tertiary/aromatic N) is 2. The summed E-state index contributed by atoms with van der Waals surface area (Å²) in [5.41, 5.74) is 4.79. The molecule has 3 rings (SSSR count). The normalized spacial score (nSPS) is 15.2. The summed E-state index contributed by atoms with van der Waals surface area (Å²) in [5.74, 6) is 2.98. The van der Waals surface area contributed by atoms with E-state index in [4.69, 9.17) is 18.9 Å². The Balaban J connectivity index is 2.17. The van der Waals surface area contributed by atoms with E-state index in [1.807, 2.05) is 31.2 Å². The summed E-state index contributed by atoms with van der Waals surface area (Å²) in [6.45, 7) is 9.61. The van der Waals surface area contributed by atoms with E-state index in [-0.39, 0.29) is 5.92 Å². The zero-order valence-corrected chi connectivity index (χ0v) is 20.0. The summed E-state index contributed by atoms with van der Waals surface area (Å²) in [4.78, 5) is 0. The highest BCUT2D eigenvalue weighted by molar-refractivity contribution is 6.16. The van der Waals surface area contributed by atoms with Crippen molar-refractivity contribution in [3.63, 3.8) is 0 Å².